The second kappa shape index (κ2) is 6.75. The van der Waals surface area contributed by atoms with Crippen molar-refractivity contribution in [2.75, 3.05) is 13.7 Å². The minimum absolute atomic E-state index is 0.260. The van der Waals surface area contributed by atoms with E-state index in [1.165, 1.54) is 6.07 Å². The van der Waals surface area contributed by atoms with Crippen molar-refractivity contribution in [2.24, 2.45) is 0 Å². The lowest BCUT2D eigenvalue weighted by Crippen LogP contribution is -2.25. The Morgan fingerprint density at radius 3 is 2.79 bits per heavy atom. The smallest absolute Gasteiger partial charge is 0.199 e. The quantitative estimate of drug-likeness (QED) is 0.815. The van der Waals surface area contributed by atoms with Gasteiger partial charge >= 0.3 is 0 Å². The van der Waals surface area contributed by atoms with E-state index in [4.69, 9.17) is 14.2 Å². The summed E-state index contributed by atoms with van der Waals surface area (Å²) in [6.45, 7) is 2.76. The largest absolute Gasteiger partial charge is 0.496 e. The van der Waals surface area contributed by atoms with Gasteiger partial charge in [-0.1, -0.05) is 13.3 Å². The Hall–Kier alpha value is -1.29. The Kier molecular flexibility index (Phi) is 5.02. The number of ether oxygens (including phenoxy) is 3. The molecule has 106 valence electrons. The van der Waals surface area contributed by atoms with Crippen molar-refractivity contribution in [3.05, 3.63) is 23.5 Å². The number of rotatable bonds is 5. The minimum Gasteiger partial charge on any atom is -0.496 e. The van der Waals surface area contributed by atoms with Crippen LogP contribution < -0.4 is 9.47 Å². The Morgan fingerprint density at radius 1 is 1.32 bits per heavy atom. The third-order valence-corrected chi connectivity index (χ3v) is 3.25. The number of methoxy groups -OCH3 is 1. The van der Waals surface area contributed by atoms with Gasteiger partial charge < -0.3 is 14.2 Å². The normalized spacial score (nSPS) is 19.2. The molecule has 19 heavy (non-hydrogen) atoms. The maximum atomic E-state index is 14.0. The molecule has 1 heterocycles. The molecule has 0 bridgehead atoms. The molecular weight excluding hydrogens is 247 g/mol. The van der Waals surface area contributed by atoms with Crippen molar-refractivity contribution in [3.8, 4) is 11.5 Å². The number of aryl methyl sites for hydroxylation is 1. The van der Waals surface area contributed by atoms with Crippen molar-refractivity contribution in [1.82, 2.24) is 0 Å². The number of hydrogen-bond acceptors (Lipinski definition) is 3. The molecule has 1 saturated heterocycles. The van der Waals surface area contributed by atoms with E-state index in [1.807, 2.05) is 0 Å². The fourth-order valence-electron chi connectivity index (χ4n) is 2.27. The lowest BCUT2D eigenvalue weighted by molar-refractivity contribution is -0.107. The molecule has 1 aliphatic heterocycles. The first-order chi connectivity index (χ1) is 9.24. The van der Waals surface area contributed by atoms with Gasteiger partial charge in [-0.25, -0.2) is 4.39 Å². The second-order valence-electron chi connectivity index (χ2n) is 4.76. The van der Waals surface area contributed by atoms with Gasteiger partial charge in [0, 0.05) is 12.5 Å². The van der Waals surface area contributed by atoms with Crippen LogP contribution >= 0.6 is 0 Å². The Labute approximate surface area is 113 Å². The predicted molar refractivity (Wildman–Crippen MR) is 71.2 cm³/mol. The number of hydrogen-bond donors (Lipinski definition) is 0. The second-order valence-corrected chi connectivity index (χ2v) is 4.76. The summed E-state index contributed by atoms with van der Waals surface area (Å²) in [5.41, 5.74) is 0.970. The van der Waals surface area contributed by atoms with Crippen LogP contribution in [0.15, 0.2) is 12.1 Å². The summed E-state index contributed by atoms with van der Waals surface area (Å²) in [5, 5.41) is 0. The average molecular weight is 268 g/mol. The Morgan fingerprint density at radius 2 is 2.16 bits per heavy atom. The standard InChI is InChI=1S/C15H21FO3/c1-3-6-11-9-14(12(16)10-13(11)17-2)19-15-7-4-5-8-18-15/h9-10,15H,3-8H2,1-2H3. The molecule has 0 aliphatic carbocycles. The summed E-state index contributed by atoms with van der Waals surface area (Å²) in [4.78, 5) is 0. The van der Waals surface area contributed by atoms with Gasteiger partial charge in [-0.3, -0.25) is 0 Å². The summed E-state index contributed by atoms with van der Waals surface area (Å²) in [7, 11) is 1.55. The molecule has 4 heteroatoms. The van der Waals surface area contributed by atoms with Crippen LogP contribution in [0, 0.1) is 5.82 Å². The highest BCUT2D eigenvalue weighted by Gasteiger charge is 2.18. The molecule has 1 aliphatic rings. The van der Waals surface area contributed by atoms with Gasteiger partial charge in [0.25, 0.3) is 0 Å². The first-order valence-corrected chi connectivity index (χ1v) is 6.89. The first kappa shape index (κ1) is 14.1. The molecule has 0 aromatic heterocycles. The molecule has 0 spiro atoms. The molecular formula is C15H21FO3. The maximum Gasteiger partial charge on any atom is 0.199 e. The van der Waals surface area contributed by atoms with E-state index in [-0.39, 0.29) is 12.0 Å². The molecule has 1 atom stereocenters. The van der Waals surface area contributed by atoms with E-state index in [9.17, 15) is 4.39 Å². The highest BCUT2D eigenvalue weighted by atomic mass is 19.1. The van der Waals surface area contributed by atoms with Crippen LogP contribution in [0.2, 0.25) is 0 Å². The van der Waals surface area contributed by atoms with Gasteiger partial charge in [-0.2, -0.15) is 0 Å². The van der Waals surface area contributed by atoms with Crippen molar-refractivity contribution < 1.29 is 18.6 Å². The van der Waals surface area contributed by atoms with Gasteiger partial charge in [0.2, 0.25) is 0 Å². The number of halogens is 1. The Balaban J connectivity index is 2.16. The molecule has 0 amide bonds. The molecule has 3 nitrogen and oxygen atoms in total. The van der Waals surface area contributed by atoms with Crippen molar-refractivity contribution in [3.63, 3.8) is 0 Å². The third kappa shape index (κ3) is 3.60. The zero-order valence-electron chi connectivity index (χ0n) is 11.6. The molecule has 2 rings (SSSR count). The number of benzene rings is 1. The first-order valence-electron chi connectivity index (χ1n) is 6.89. The monoisotopic (exact) mass is 268 g/mol. The SMILES string of the molecule is CCCc1cc(OC2CCCCO2)c(F)cc1OC. The van der Waals surface area contributed by atoms with E-state index in [1.54, 1.807) is 13.2 Å². The van der Waals surface area contributed by atoms with E-state index in [0.717, 1.165) is 37.7 Å². The summed E-state index contributed by atoms with van der Waals surface area (Å²) in [6, 6.07) is 3.12. The van der Waals surface area contributed by atoms with E-state index in [2.05, 4.69) is 6.92 Å². The van der Waals surface area contributed by atoms with Crippen LogP contribution in [0.4, 0.5) is 4.39 Å². The lowest BCUT2D eigenvalue weighted by atomic mass is 10.1. The maximum absolute atomic E-state index is 14.0. The Bertz CT molecular complexity index is 414. The molecule has 0 N–H and O–H groups in total. The molecule has 0 saturated carbocycles. The molecule has 1 aromatic carbocycles. The van der Waals surface area contributed by atoms with Gasteiger partial charge in [-0.05, 0) is 30.9 Å². The van der Waals surface area contributed by atoms with Gasteiger partial charge in [0.15, 0.2) is 17.9 Å². The van der Waals surface area contributed by atoms with Gasteiger partial charge in [-0.15, -0.1) is 0 Å². The van der Waals surface area contributed by atoms with Crippen LogP contribution in [-0.4, -0.2) is 20.0 Å². The molecule has 0 radical (unpaired) electrons. The molecule has 1 aromatic rings. The molecule has 1 fully saturated rings. The summed E-state index contributed by atoms with van der Waals surface area (Å²) < 4.78 is 30.2. The van der Waals surface area contributed by atoms with Crippen molar-refractivity contribution >= 4 is 0 Å². The predicted octanol–water partition coefficient (Wildman–Crippen LogP) is 3.69. The summed E-state index contributed by atoms with van der Waals surface area (Å²) in [5.74, 6) is 0.443. The van der Waals surface area contributed by atoms with Crippen molar-refractivity contribution in [1.29, 1.82) is 0 Å². The van der Waals surface area contributed by atoms with E-state index < -0.39 is 5.82 Å². The summed E-state index contributed by atoms with van der Waals surface area (Å²) >= 11 is 0. The minimum atomic E-state index is -0.397. The highest BCUT2D eigenvalue weighted by Crippen LogP contribution is 2.30. The van der Waals surface area contributed by atoms with Crippen LogP contribution in [0.25, 0.3) is 0 Å². The fraction of sp³-hybridized carbons (Fsp3) is 0.600. The lowest BCUT2D eigenvalue weighted by Gasteiger charge is -2.24. The van der Waals surface area contributed by atoms with Crippen molar-refractivity contribution in [2.45, 2.75) is 45.3 Å². The van der Waals surface area contributed by atoms with Crippen LogP contribution in [0.1, 0.15) is 38.2 Å². The van der Waals surface area contributed by atoms with Crippen LogP contribution in [0.3, 0.4) is 0 Å². The average Bonchev–Trinajstić information content (AvgIpc) is 2.43. The van der Waals surface area contributed by atoms with Crippen LogP contribution in [0.5, 0.6) is 11.5 Å². The van der Waals surface area contributed by atoms with E-state index >= 15 is 0 Å². The van der Waals surface area contributed by atoms with Gasteiger partial charge in [0.05, 0.1) is 13.7 Å². The summed E-state index contributed by atoms with van der Waals surface area (Å²) in [6.07, 6.45) is 4.41. The third-order valence-electron chi connectivity index (χ3n) is 3.25. The van der Waals surface area contributed by atoms with Gasteiger partial charge in [0.1, 0.15) is 5.75 Å². The molecule has 1 unspecified atom stereocenters. The zero-order chi connectivity index (χ0) is 13.7. The highest BCUT2D eigenvalue weighted by molar-refractivity contribution is 5.41. The fourth-order valence-corrected chi connectivity index (χ4v) is 2.27. The van der Waals surface area contributed by atoms with Crippen LogP contribution in [-0.2, 0) is 11.2 Å². The van der Waals surface area contributed by atoms with E-state index in [0.29, 0.717) is 12.4 Å². The zero-order valence-corrected chi connectivity index (χ0v) is 11.6. The topological polar surface area (TPSA) is 27.7 Å².